The summed E-state index contributed by atoms with van der Waals surface area (Å²) in [7, 11) is 6.36. The Balaban J connectivity index is 1.78. The number of allylic oxidation sites excluding steroid dienone is 1. The van der Waals surface area contributed by atoms with Crippen molar-refractivity contribution in [3.05, 3.63) is 39.9 Å². The molecular weight excluding hydrogens is 712 g/mol. The van der Waals surface area contributed by atoms with Crippen LogP contribution >= 0.6 is 0 Å². The number of carbonyl (C=O) groups is 5. The number of phenols is 1. The predicted octanol–water partition coefficient (Wildman–Crippen LogP) is -1.03. The molecule has 0 spiro atoms. The van der Waals surface area contributed by atoms with Gasteiger partial charge in [0.05, 0.1) is 23.8 Å². The SMILES string of the molecule is CC(=O)C1=C(O)[C@@]2(O)C(O[C@@H]3O[C@H](C(=O)O)[C@@H](O)[C@H](O)[C@H]3O)=C3C(=O)c4c(O)c(NC(=O)CNC(C)(C)C)cc(N(C)C)c4C[C@H]3C[C@H]2[C@H](N(C)C)C1=O. The third-order valence-electron chi connectivity index (χ3n) is 10.4. The van der Waals surface area contributed by atoms with Gasteiger partial charge in [-0.15, -0.1) is 0 Å². The predicted molar refractivity (Wildman–Crippen MR) is 189 cm³/mol. The molecule has 0 unspecified atom stereocenters. The van der Waals surface area contributed by atoms with E-state index >= 15 is 0 Å². The average molecular weight is 761 g/mol. The number of carboxylic acids is 1. The monoisotopic (exact) mass is 760 g/mol. The Hall–Kier alpha value is -4.43. The summed E-state index contributed by atoms with van der Waals surface area (Å²) in [4.78, 5) is 69.6. The molecule has 1 saturated heterocycles. The minimum absolute atomic E-state index is 0.0394. The van der Waals surface area contributed by atoms with Crippen molar-refractivity contribution >= 4 is 40.6 Å². The summed E-state index contributed by atoms with van der Waals surface area (Å²) in [5.74, 6) is -9.95. The van der Waals surface area contributed by atoms with E-state index in [0.29, 0.717) is 11.3 Å². The molecule has 9 N–H and O–H groups in total. The summed E-state index contributed by atoms with van der Waals surface area (Å²) >= 11 is 0. The highest BCUT2D eigenvalue weighted by molar-refractivity contribution is 6.23. The number of carbonyl (C=O) groups excluding carboxylic acids is 4. The maximum atomic E-state index is 14.9. The highest BCUT2D eigenvalue weighted by atomic mass is 16.7. The van der Waals surface area contributed by atoms with Gasteiger partial charge in [-0.3, -0.25) is 24.1 Å². The quantitative estimate of drug-likeness (QED) is 0.107. The van der Waals surface area contributed by atoms with Crippen LogP contribution in [0.5, 0.6) is 5.75 Å². The highest BCUT2D eigenvalue weighted by Gasteiger charge is 2.64. The third kappa shape index (κ3) is 6.76. The van der Waals surface area contributed by atoms with E-state index in [-0.39, 0.29) is 36.2 Å². The van der Waals surface area contributed by atoms with Crippen molar-refractivity contribution in [2.45, 2.75) is 88.4 Å². The van der Waals surface area contributed by atoms with Gasteiger partial charge in [-0.1, -0.05) is 0 Å². The molecule has 0 bridgehead atoms. The van der Waals surface area contributed by atoms with Crippen LogP contribution in [0.2, 0.25) is 0 Å². The molecule has 1 amide bonds. The lowest BCUT2D eigenvalue weighted by molar-refractivity contribution is -0.291. The summed E-state index contributed by atoms with van der Waals surface area (Å²) in [6.07, 6.45) is -11.1. The number of nitrogens with one attached hydrogen (secondary N) is 2. The van der Waals surface area contributed by atoms with Crippen molar-refractivity contribution in [3.63, 3.8) is 0 Å². The fraction of sp³-hybridized carbons (Fsp3) is 0.583. The number of anilines is 2. The van der Waals surface area contributed by atoms with E-state index in [4.69, 9.17) is 9.47 Å². The molecule has 1 fully saturated rings. The standard InChI is InChI=1S/C36H48N4O14/c1-13(41)20-26(45)23(40(7)8)16-10-14-9-15-18(39(5)6)11-17(38-19(42)12-37-35(2,3)4)24(43)22(15)25(44)21(14)32(36(16,52)31(20)49)54-34-29(48)27(46)28(47)30(53-34)33(50)51/h11,14,16,23,27-30,34,37,43,46-49,52H,9-10,12H2,1-8H3,(H,38,42)(H,50,51)/t14-,16-,23-,27-,28-,29+,30-,34-,36+/m0/s1. The number of aromatic hydroxyl groups is 1. The number of aliphatic carboxylic acids is 1. The smallest absolute Gasteiger partial charge is 0.335 e. The van der Waals surface area contributed by atoms with E-state index in [1.165, 1.54) is 25.1 Å². The van der Waals surface area contributed by atoms with E-state index in [1.807, 2.05) is 20.8 Å². The molecule has 4 aliphatic rings. The molecule has 1 aliphatic heterocycles. The molecule has 18 heteroatoms. The first-order valence-corrected chi connectivity index (χ1v) is 17.3. The summed E-state index contributed by atoms with van der Waals surface area (Å²) in [5.41, 5.74) is -4.18. The fourth-order valence-electron chi connectivity index (χ4n) is 7.82. The molecule has 5 rings (SSSR count). The largest absolute Gasteiger partial charge is 0.508 e. The number of ether oxygens (including phenoxy) is 2. The van der Waals surface area contributed by atoms with Crippen molar-refractivity contribution < 1.29 is 69.2 Å². The number of ketones is 3. The van der Waals surface area contributed by atoms with Crippen LogP contribution in [0.3, 0.4) is 0 Å². The molecule has 1 aromatic rings. The lowest BCUT2D eigenvalue weighted by Crippen LogP contribution is -2.64. The number of Topliss-reactive ketones (excluding diaryl/α,β-unsaturated/α-hetero) is 3. The van der Waals surface area contributed by atoms with Crippen LogP contribution in [0.1, 0.15) is 50.0 Å². The Bertz CT molecular complexity index is 1850. The van der Waals surface area contributed by atoms with Gasteiger partial charge >= 0.3 is 5.97 Å². The molecule has 18 nitrogen and oxygen atoms in total. The molecule has 0 saturated carbocycles. The van der Waals surface area contributed by atoms with E-state index in [0.717, 1.165) is 6.92 Å². The Morgan fingerprint density at radius 3 is 2.20 bits per heavy atom. The maximum absolute atomic E-state index is 14.9. The molecule has 0 radical (unpaired) electrons. The second-order valence-electron chi connectivity index (χ2n) is 15.7. The zero-order valence-corrected chi connectivity index (χ0v) is 31.2. The van der Waals surface area contributed by atoms with Gasteiger partial charge in [-0.2, -0.15) is 0 Å². The van der Waals surface area contributed by atoms with Gasteiger partial charge in [0.1, 0.15) is 35.4 Å². The molecule has 3 aliphatic carbocycles. The number of aliphatic hydroxyl groups excluding tert-OH is 4. The number of benzene rings is 1. The van der Waals surface area contributed by atoms with Gasteiger partial charge in [0.15, 0.2) is 34.8 Å². The van der Waals surface area contributed by atoms with Crippen LogP contribution in [0.15, 0.2) is 28.7 Å². The number of hydrogen-bond acceptors (Lipinski definition) is 16. The number of phenolic OH excluding ortho intramolecular Hbond substituents is 1. The van der Waals surface area contributed by atoms with Gasteiger partial charge in [-0.25, -0.2) is 4.79 Å². The normalized spacial score (nSPS) is 31.1. The van der Waals surface area contributed by atoms with Crippen molar-refractivity contribution in [1.29, 1.82) is 0 Å². The van der Waals surface area contributed by atoms with Crippen LogP contribution in [-0.4, -0.2) is 152 Å². The lowest BCUT2D eigenvalue weighted by Gasteiger charge is -2.52. The molecule has 1 aromatic carbocycles. The number of likely N-dealkylation sites (N-methyl/N-ethyl adjacent to an activating group) is 1. The van der Waals surface area contributed by atoms with Crippen LogP contribution in [0, 0.1) is 11.8 Å². The number of rotatable bonds is 9. The Labute approximate surface area is 310 Å². The van der Waals surface area contributed by atoms with E-state index in [9.17, 15) is 59.7 Å². The number of carboxylic acid groups (broad SMARTS) is 1. The molecule has 0 aromatic heterocycles. The minimum atomic E-state index is -2.88. The first kappa shape index (κ1) is 40.7. The number of hydrogen-bond donors (Lipinski definition) is 9. The summed E-state index contributed by atoms with van der Waals surface area (Å²) in [6, 6.07) is 0.200. The molecule has 9 atom stereocenters. The molecule has 54 heavy (non-hydrogen) atoms. The first-order valence-electron chi connectivity index (χ1n) is 17.3. The number of amides is 1. The fourth-order valence-corrected chi connectivity index (χ4v) is 7.82. The summed E-state index contributed by atoms with van der Waals surface area (Å²) in [5, 5.41) is 83.3. The maximum Gasteiger partial charge on any atom is 0.335 e. The molecule has 1 heterocycles. The third-order valence-corrected chi connectivity index (χ3v) is 10.4. The molecule has 296 valence electrons. The van der Waals surface area contributed by atoms with Gasteiger partial charge < -0.3 is 60.8 Å². The second kappa shape index (κ2) is 14.3. The Kier molecular flexibility index (Phi) is 10.8. The average Bonchev–Trinajstić information content (AvgIpc) is 3.05. The topological polar surface area (TPSA) is 276 Å². The van der Waals surface area contributed by atoms with Crippen molar-refractivity contribution in [1.82, 2.24) is 10.2 Å². The van der Waals surface area contributed by atoms with E-state index < -0.39 is 112 Å². The summed E-state index contributed by atoms with van der Waals surface area (Å²) < 4.78 is 11.4. The Morgan fingerprint density at radius 2 is 1.67 bits per heavy atom. The van der Waals surface area contributed by atoms with Crippen LogP contribution < -0.4 is 15.5 Å². The van der Waals surface area contributed by atoms with E-state index in [1.54, 1.807) is 19.0 Å². The Morgan fingerprint density at radius 1 is 1.04 bits per heavy atom. The van der Waals surface area contributed by atoms with Gasteiger partial charge in [0.25, 0.3) is 0 Å². The van der Waals surface area contributed by atoms with Crippen molar-refractivity contribution in [2.75, 3.05) is 45.0 Å². The van der Waals surface area contributed by atoms with Crippen molar-refractivity contribution in [3.8, 4) is 5.75 Å². The number of nitrogens with zero attached hydrogens (tertiary/aromatic N) is 2. The lowest BCUT2D eigenvalue weighted by atomic mass is 9.58. The summed E-state index contributed by atoms with van der Waals surface area (Å²) in [6.45, 7) is 6.39. The highest BCUT2D eigenvalue weighted by Crippen LogP contribution is 2.56. The molecular formula is C36H48N4O14. The van der Waals surface area contributed by atoms with E-state index in [2.05, 4.69) is 10.6 Å². The van der Waals surface area contributed by atoms with Crippen LogP contribution in [0.4, 0.5) is 11.4 Å². The zero-order chi connectivity index (χ0) is 40.5. The van der Waals surface area contributed by atoms with Gasteiger partial charge in [0, 0.05) is 36.8 Å². The van der Waals surface area contributed by atoms with Gasteiger partial charge in [-0.05, 0) is 72.2 Å². The minimum Gasteiger partial charge on any atom is -0.508 e. The number of aliphatic hydroxyl groups is 5. The van der Waals surface area contributed by atoms with Gasteiger partial charge in [0.2, 0.25) is 12.2 Å². The van der Waals surface area contributed by atoms with Crippen molar-refractivity contribution in [2.24, 2.45) is 11.8 Å². The van der Waals surface area contributed by atoms with Crippen LogP contribution in [-0.2, 0) is 35.1 Å². The zero-order valence-electron chi connectivity index (χ0n) is 31.2. The van der Waals surface area contributed by atoms with Crippen LogP contribution in [0.25, 0.3) is 0 Å². The number of fused-ring (bicyclic) bond motifs is 3. The first-order chi connectivity index (χ1) is 24.9. The second-order valence-corrected chi connectivity index (χ2v) is 15.7.